The van der Waals surface area contributed by atoms with Crippen LogP contribution >= 0.6 is 11.8 Å². The molecule has 0 atom stereocenters. The van der Waals surface area contributed by atoms with Crippen molar-refractivity contribution in [3.8, 4) is 22.8 Å². The SMILES string of the molecule is COc1ccc(-c2nnc(SCC(=O)NCc3ccc(C)cc3)n2-c2ccccc2)cc1. The summed E-state index contributed by atoms with van der Waals surface area (Å²) < 4.78 is 7.23. The number of benzene rings is 3. The molecule has 4 aromatic rings. The summed E-state index contributed by atoms with van der Waals surface area (Å²) in [7, 11) is 1.64. The number of aryl methyl sites for hydroxylation is 1. The van der Waals surface area contributed by atoms with Gasteiger partial charge in [-0.1, -0.05) is 59.8 Å². The van der Waals surface area contributed by atoms with E-state index < -0.39 is 0 Å². The maximum absolute atomic E-state index is 12.4. The number of rotatable bonds is 8. The Morgan fingerprint density at radius 2 is 1.69 bits per heavy atom. The molecule has 0 aliphatic heterocycles. The minimum Gasteiger partial charge on any atom is -0.497 e. The number of ether oxygens (including phenoxy) is 1. The Morgan fingerprint density at radius 1 is 0.969 bits per heavy atom. The Labute approximate surface area is 191 Å². The zero-order valence-electron chi connectivity index (χ0n) is 18.0. The minimum absolute atomic E-state index is 0.0517. The quantitative estimate of drug-likeness (QED) is 0.400. The molecular weight excluding hydrogens is 420 g/mol. The number of aromatic nitrogens is 3. The number of hydrogen-bond acceptors (Lipinski definition) is 5. The summed E-state index contributed by atoms with van der Waals surface area (Å²) in [5, 5.41) is 12.4. The lowest BCUT2D eigenvalue weighted by Gasteiger charge is -2.11. The van der Waals surface area contributed by atoms with Gasteiger partial charge in [0, 0.05) is 17.8 Å². The molecule has 4 rings (SSSR count). The van der Waals surface area contributed by atoms with E-state index in [-0.39, 0.29) is 11.7 Å². The molecule has 0 saturated heterocycles. The molecule has 0 radical (unpaired) electrons. The Hall–Kier alpha value is -3.58. The molecule has 1 heterocycles. The van der Waals surface area contributed by atoms with Gasteiger partial charge in [-0.2, -0.15) is 0 Å². The predicted molar refractivity (Wildman–Crippen MR) is 127 cm³/mol. The van der Waals surface area contributed by atoms with Gasteiger partial charge in [-0.25, -0.2) is 0 Å². The molecule has 0 fully saturated rings. The zero-order chi connectivity index (χ0) is 22.3. The van der Waals surface area contributed by atoms with Gasteiger partial charge < -0.3 is 10.1 Å². The van der Waals surface area contributed by atoms with Crippen LogP contribution < -0.4 is 10.1 Å². The summed E-state index contributed by atoms with van der Waals surface area (Å²) in [5.41, 5.74) is 4.12. The molecule has 0 saturated carbocycles. The van der Waals surface area contributed by atoms with Crippen LogP contribution in [0.25, 0.3) is 17.1 Å². The predicted octanol–water partition coefficient (Wildman–Crippen LogP) is 4.66. The molecule has 32 heavy (non-hydrogen) atoms. The van der Waals surface area contributed by atoms with E-state index in [0.717, 1.165) is 22.6 Å². The lowest BCUT2D eigenvalue weighted by molar-refractivity contribution is -0.118. The molecule has 1 amide bonds. The van der Waals surface area contributed by atoms with Crippen molar-refractivity contribution in [3.05, 3.63) is 90.0 Å². The van der Waals surface area contributed by atoms with Crippen LogP contribution in [0.15, 0.2) is 84.0 Å². The fourth-order valence-corrected chi connectivity index (χ4v) is 3.97. The highest BCUT2D eigenvalue weighted by Crippen LogP contribution is 2.28. The first-order valence-corrected chi connectivity index (χ1v) is 11.2. The van der Waals surface area contributed by atoms with Crippen LogP contribution in [0, 0.1) is 6.92 Å². The second-order valence-corrected chi connectivity index (χ2v) is 8.20. The molecule has 0 aliphatic carbocycles. The second-order valence-electron chi connectivity index (χ2n) is 7.26. The van der Waals surface area contributed by atoms with Crippen molar-refractivity contribution < 1.29 is 9.53 Å². The largest absolute Gasteiger partial charge is 0.497 e. The third-order valence-electron chi connectivity index (χ3n) is 4.94. The van der Waals surface area contributed by atoms with Crippen molar-refractivity contribution in [1.82, 2.24) is 20.1 Å². The fourth-order valence-electron chi connectivity index (χ4n) is 3.19. The van der Waals surface area contributed by atoms with Gasteiger partial charge in [-0.15, -0.1) is 10.2 Å². The van der Waals surface area contributed by atoms with Crippen molar-refractivity contribution >= 4 is 17.7 Å². The molecule has 1 N–H and O–H groups in total. The number of nitrogens with one attached hydrogen (secondary N) is 1. The van der Waals surface area contributed by atoms with Crippen LogP contribution in [0.1, 0.15) is 11.1 Å². The number of thioether (sulfide) groups is 1. The molecule has 0 bridgehead atoms. The van der Waals surface area contributed by atoms with Crippen LogP contribution in [-0.2, 0) is 11.3 Å². The second kappa shape index (κ2) is 10.2. The number of amides is 1. The Bertz CT molecular complexity index is 1170. The number of nitrogens with zero attached hydrogens (tertiary/aromatic N) is 3. The van der Waals surface area contributed by atoms with E-state index >= 15 is 0 Å². The highest BCUT2D eigenvalue weighted by molar-refractivity contribution is 7.99. The van der Waals surface area contributed by atoms with Gasteiger partial charge in [0.15, 0.2) is 11.0 Å². The topological polar surface area (TPSA) is 69.0 Å². The number of carbonyl (C=O) groups excluding carboxylic acids is 1. The molecule has 0 aliphatic rings. The summed E-state index contributed by atoms with van der Waals surface area (Å²) in [6, 6.07) is 25.7. The lowest BCUT2D eigenvalue weighted by atomic mass is 10.1. The molecule has 6 nitrogen and oxygen atoms in total. The standard InChI is InChI=1S/C25H24N4O2S/c1-18-8-10-19(11-9-18)16-26-23(30)17-32-25-28-27-24(20-12-14-22(31-2)15-13-20)29(25)21-6-4-3-5-7-21/h3-15H,16-17H2,1-2H3,(H,26,30). The summed E-state index contributed by atoms with van der Waals surface area (Å²) >= 11 is 1.36. The number of carbonyl (C=O) groups is 1. The van der Waals surface area contributed by atoms with Gasteiger partial charge in [0.1, 0.15) is 5.75 Å². The van der Waals surface area contributed by atoms with Gasteiger partial charge in [0.25, 0.3) is 0 Å². The molecule has 1 aromatic heterocycles. The minimum atomic E-state index is -0.0517. The van der Waals surface area contributed by atoms with Crippen molar-refractivity contribution in [2.45, 2.75) is 18.6 Å². The summed E-state index contributed by atoms with van der Waals surface area (Å²) in [6.45, 7) is 2.55. The van der Waals surface area contributed by atoms with Crippen molar-refractivity contribution in [1.29, 1.82) is 0 Å². The molecule has 0 unspecified atom stereocenters. The van der Waals surface area contributed by atoms with E-state index in [4.69, 9.17) is 4.74 Å². The molecule has 162 valence electrons. The van der Waals surface area contributed by atoms with Gasteiger partial charge in [0.2, 0.25) is 5.91 Å². The van der Waals surface area contributed by atoms with Gasteiger partial charge >= 0.3 is 0 Å². The van der Waals surface area contributed by atoms with E-state index in [9.17, 15) is 4.79 Å². The molecule has 0 spiro atoms. The zero-order valence-corrected chi connectivity index (χ0v) is 18.8. The fraction of sp³-hybridized carbons (Fsp3) is 0.160. The van der Waals surface area contributed by atoms with Crippen LogP contribution in [0.5, 0.6) is 5.75 Å². The molecule has 7 heteroatoms. The Balaban J connectivity index is 1.51. The van der Waals surface area contributed by atoms with E-state index in [1.54, 1.807) is 7.11 Å². The monoisotopic (exact) mass is 444 g/mol. The van der Waals surface area contributed by atoms with Gasteiger partial charge in [-0.05, 0) is 48.9 Å². The molecule has 3 aromatic carbocycles. The van der Waals surface area contributed by atoms with Gasteiger partial charge in [-0.3, -0.25) is 9.36 Å². The van der Waals surface area contributed by atoms with Gasteiger partial charge in [0.05, 0.1) is 12.9 Å². The summed E-state index contributed by atoms with van der Waals surface area (Å²) in [5.74, 6) is 1.68. The smallest absolute Gasteiger partial charge is 0.230 e. The van der Waals surface area contributed by atoms with E-state index in [2.05, 4.69) is 15.5 Å². The average Bonchev–Trinajstić information content (AvgIpc) is 3.27. The van der Waals surface area contributed by atoms with Crippen molar-refractivity contribution in [2.75, 3.05) is 12.9 Å². The summed E-state index contributed by atoms with van der Waals surface area (Å²) in [6.07, 6.45) is 0. The highest BCUT2D eigenvalue weighted by atomic mass is 32.2. The normalized spacial score (nSPS) is 10.7. The van der Waals surface area contributed by atoms with Crippen LogP contribution in [0.2, 0.25) is 0 Å². The Kier molecular flexibility index (Phi) is 6.87. The van der Waals surface area contributed by atoms with E-state index in [0.29, 0.717) is 17.5 Å². The first kappa shape index (κ1) is 21.6. The van der Waals surface area contributed by atoms with E-state index in [1.807, 2.05) is 90.4 Å². The van der Waals surface area contributed by atoms with Crippen LogP contribution in [0.4, 0.5) is 0 Å². The average molecular weight is 445 g/mol. The van der Waals surface area contributed by atoms with Crippen LogP contribution in [-0.4, -0.2) is 33.5 Å². The maximum atomic E-state index is 12.4. The number of methoxy groups -OCH3 is 1. The van der Waals surface area contributed by atoms with E-state index in [1.165, 1.54) is 17.3 Å². The highest BCUT2D eigenvalue weighted by Gasteiger charge is 2.17. The third-order valence-corrected chi connectivity index (χ3v) is 5.87. The van der Waals surface area contributed by atoms with Crippen molar-refractivity contribution in [2.24, 2.45) is 0 Å². The number of para-hydroxylation sites is 1. The van der Waals surface area contributed by atoms with Crippen LogP contribution in [0.3, 0.4) is 0 Å². The lowest BCUT2D eigenvalue weighted by Crippen LogP contribution is -2.24. The summed E-state index contributed by atoms with van der Waals surface area (Å²) in [4.78, 5) is 12.4. The first-order chi connectivity index (χ1) is 15.6. The third kappa shape index (κ3) is 5.18. The maximum Gasteiger partial charge on any atom is 0.230 e. The Morgan fingerprint density at radius 3 is 2.38 bits per heavy atom. The molecular formula is C25H24N4O2S. The first-order valence-electron chi connectivity index (χ1n) is 10.2. The van der Waals surface area contributed by atoms with Crippen molar-refractivity contribution in [3.63, 3.8) is 0 Å². The number of hydrogen-bond donors (Lipinski definition) is 1.